The highest BCUT2D eigenvalue weighted by Gasteiger charge is 2.46. The molecule has 10 N–H and O–H groups in total. The van der Waals surface area contributed by atoms with Crippen LogP contribution in [0.15, 0.2) is 0 Å². The van der Waals surface area contributed by atoms with E-state index in [0.717, 1.165) is 6.92 Å². The van der Waals surface area contributed by atoms with Gasteiger partial charge in [-0.25, -0.2) is 0 Å². The molecule has 0 saturated heterocycles. The zero-order valence-corrected chi connectivity index (χ0v) is 11.8. The van der Waals surface area contributed by atoms with E-state index < -0.39 is 61.1 Å². The van der Waals surface area contributed by atoms with Crippen molar-refractivity contribution in [3.05, 3.63) is 0 Å². The third-order valence-electron chi connectivity index (χ3n) is 2.97. The summed E-state index contributed by atoms with van der Waals surface area (Å²) >= 11 is 0. The minimum absolute atomic E-state index is 0.828. The highest BCUT2D eigenvalue weighted by atomic mass is 16.5. The van der Waals surface area contributed by atoms with Crippen molar-refractivity contribution in [1.29, 1.82) is 0 Å². The number of nitrogens with two attached hydrogens (primary N) is 1. The van der Waals surface area contributed by atoms with Gasteiger partial charge >= 0.3 is 5.97 Å². The highest BCUT2D eigenvalue weighted by Crippen LogP contribution is 2.20. The van der Waals surface area contributed by atoms with Gasteiger partial charge in [-0.05, 0) is 0 Å². The van der Waals surface area contributed by atoms with Gasteiger partial charge in [0, 0.05) is 13.3 Å². The van der Waals surface area contributed by atoms with Crippen LogP contribution in [-0.2, 0) is 9.59 Å². The van der Waals surface area contributed by atoms with E-state index in [-0.39, 0.29) is 0 Å². The molecule has 0 aromatic heterocycles. The molecule has 0 aliphatic rings. The Bertz CT molecular complexity index is 390. The third-order valence-corrected chi connectivity index (χ3v) is 2.97. The molecule has 22 heavy (non-hydrogen) atoms. The molecule has 0 spiro atoms. The number of aliphatic hydroxyl groups is 6. The molecular formula is C11H22N2O9. The average Bonchev–Trinajstić information content (AvgIpc) is 2.41. The monoisotopic (exact) mass is 326 g/mol. The summed E-state index contributed by atoms with van der Waals surface area (Å²) in [5, 5.41) is 67.8. The Hall–Kier alpha value is -1.34. The Labute approximate surface area is 125 Å². The van der Waals surface area contributed by atoms with Crippen LogP contribution in [0.25, 0.3) is 0 Å². The molecule has 1 unspecified atom stereocenters. The van der Waals surface area contributed by atoms with Crippen LogP contribution >= 0.6 is 0 Å². The Morgan fingerprint density at radius 1 is 1.18 bits per heavy atom. The molecule has 0 radical (unpaired) electrons. The van der Waals surface area contributed by atoms with Gasteiger partial charge in [-0.1, -0.05) is 0 Å². The third kappa shape index (κ3) is 5.81. The first-order valence-electron chi connectivity index (χ1n) is 6.29. The zero-order valence-electron chi connectivity index (χ0n) is 11.8. The molecule has 0 aromatic carbocycles. The van der Waals surface area contributed by atoms with Crippen LogP contribution in [0.3, 0.4) is 0 Å². The molecule has 1 amide bonds. The van der Waals surface area contributed by atoms with E-state index in [4.69, 9.17) is 15.9 Å². The fourth-order valence-corrected chi connectivity index (χ4v) is 1.76. The van der Waals surface area contributed by atoms with Gasteiger partial charge in [0.1, 0.15) is 30.4 Å². The first kappa shape index (κ1) is 20.7. The minimum atomic E-state index is -3.00. The number of hydrogen-bond donors (Lipinski definition) is 9. The van der Waals surface area contributed by atoms with Crippen molar-refractivity contribution in [2.24, 2.45) is 5.73 Å². The molecule has 0 bridgehead atoms. The molecule has 5 atom stereocenters. The van der Waals surface area contributed by atoms with Crippen LogP contribution in [0.1, 0.15) is 13.3 Å². The molecule has 0 saturated carbocycles. The normalized spacial score (nSPS) is 18.9. The Morgan fingerprint density at radius 3 is 2.05 bits per heavy atom. The standard InChI is InChI=1S/C11H22N2O9/c1-4(15)13-9(8(18)7(17)6(16)3-14)11(21,22)2-5(12)10(19)20/h5-9,14,16-18,21-22H,2-3,12H2,1H3,(H,13,15)(H,19,20)/t5?,6-,7-,8+,9+/m1/s1. The summed E-state index contributed by atoms with van der Waals surface area (Å²) in [4.78, 5) is 21.8. The number of carbonyl (C=O) groups excluding carboxylic acids is 1. The van der Waals surface area contributed by atoms with E-state index in [1.807, 2.05) is 5.32 Å². The number of aliphatic carboxylic acids is 1. The van der Waals surface area contributed by atoms with E-state index in [2.05, 4.69) is 0 Å². The maximum Gasteiger partial charge on any atom is 0.320 e. The maximum atomic E-state index is 11.1. The summed E-state index contributed by atoms with van der Waals surface area (Å²) in [5.74, 6) is -5.38. The van der Waals surface area contributed by atoms with Gasteiger partial charge in [0.15, 0.2) is 5.79 Å². The van der Waals surface area contributed by atoms with Crippen molar-refractivity contribution >= 4 is 11.9 Å². The van der Waals surface area contributed by atoms with Crippen molar-refractivity contribution in [3.8, 4) is 0 Å². The van der Waals surface area contributed by atoms with E-state index in [1.165, 1.54) is 0 Å². The molecule has 0 rings (SSSR count). The predicted octanol–water partition coefficient (Wildman–Crippen LogP) is -4.95. The average molecular weight is 326 g/mol. The number of nitrogens with one attached hydrogen (secondary N) is 1. The second-order valence-corrected chi connectivity index (χ2v) is 4.94. The van der Waals surface area contributed by atoms with Gasteiger partial charge in [-0.2, -0.15) is 0 Å². The molecular weight excluding hydrogens is 304 g/mol. The van der Waals surface area contributed by atoms with Crippen LogP contribution < -0.4 is 11.1 Å². The number of amides is 1. The van der Waals surface area contributed by atoms with Crippen molar-refractivity contribution in [2.75, 3.05) is 6.61 Å². The quantitative estimate of drug-likeness (QED) is 0.184. The van der Waals surface area contributed by atoms with Crippen LogP contribution in [0.4, 0.5) is 0 Å². The zero-order chi connectivity index (χ0) is 17.7. The van der Waals surface area contributed by atoms with E-state index >= 15 is 0 Å². The lowest BCUT2D eigenvalue weighted by molar-refractivity contribution is -0.223. The SMILES string of the molecule is CC(=O)N[C@@H]([C@@H](O)[C@H](O)[C@H](O)CO)C(O)(O)CC(N)C(=O)O. The van der Waals surface area contributed by atoms with E-state index in [9.17, 15) is 35.1 Å². The lowest BCUT2D eigenvalue weighted by Gasteiger charge is -2.38. The largest absolute Gasteiger partial charge is 0.480 e. The predicted molar refractivity (Wildman–Crippen MR) is 70.1 cm³/mol. The summed E-state index contributed by atoms with van der Waals surface area (Å²) in [6.45, 7) is 0.0330. The molecule has 11 heteroatoms. The van der Waals surface area contributed by atoms with Gasteiger partial charge in [0.25, 0.3) is 0 Å². The van der Waals surface area contributed by atoms with Crippen LogP contribution in [0, 0.1) is 0 Å². The number of carboxylic acids is 1. The van der Waals surface area contributed by atoms with Crippen molar-refractivity contribution < 1.29 is 45.3 Å². The number of hydrogen-bond acceptors (Lipinski definition) is 9. The summed E-state index contributed by atoms with van der Waals surface area (Å²) < 4.78 is 0. The van der Waals surface area contributed by atoms with Crippen LogP contribution in [-0.4, -0.2) is 90.4 Å². The van der Waals surface area contributed by atoms with Crippen molar-refractivity contribution in [1.82, 2.24) is 5.32 Å². The Morgan fingerprint density at radius 2 is 1.68 bits per heavy atom. The van der Waals surface area contributed by atoms with Gasteiger partial charge in [0.05, 0.1) is 6.61 Å². The molecule has 0 fully saturated rings. The molecule has 0 aliphatic heterocycles. The molecule has 0 aliphatic carbocycles. The van der Waals surface area contributed by atoms with Gasteiger partial charge < -0.3 is 46.8 Å². The number of carbonyl (C=O) groups is 2. The second-order valence-electron chi connectivity index (χ2n) is 4.94. The smallest absolute Gasteiger partial charge is 0.320 e. The molecule has 0 heterocycles. The number of aliphatic hydroxyl groups excluding tert-OH is 4. The van der Waals surface area contributed by atoms with Crippen molar-refractivity contribution in [3.63, 3.8) is 0 Å². The number of carboxylic acid groups (broad SMARTS) is 1. The van der Waals surface area contributed by atoms with Gasteiger partial charge in [-0.3, -0.25) is 9.59 Å². The number of rotatable bonds is 9. The molecule has 130 valence electrons. The Kier molecular flexibility index (Phi) is 7.83. The van der Waals surface area contributed by atoms with E-state index in [1.54, 1.807) is 0 Å². The minimum Gasteiger partial charge on any atom is -0.480 e. The fraction of sp³-hybridized carbons (Fsp3) is 0.818. The first-order chi connectivity index (χ1) is 9.93. The summed E-state index contributed by atoms with van der Waals surface area (Å²) in [7, 11) is 0. The van der Waals surface area contributed by atoms with Gasteiger partial charge in [-0.15, -0.1) is 0 Å². The summed E-state index contributed by atoms with van der Waals surface area (Å²) in [6, 6.07) is -3.69. The Balaban J connectivity index is 5.33. The second kappa shape index (κ2) is 8.33. The molecule has 11 nitrogen and oxygen atoms in total. The van der Waals surface area contributed by atoms with Crippen LogP contribution in [0.5, 0.6) is 0 Å². The maximum absolute atomic E-state index is 11.1. The van der Waals surface area contributed by atoms with Gasteiger partial charge in [0.2, 0.25) is 5.91 Å². The van der Waals surface area contributed by atoms with Crippen LogP contribution in [0.2, 0.25) is 0 Å². The lowest BCUT2D eigenvalue weighted by atomic mass is 9.90. The summed E-state index contributed by atoms with van der Waals surface area (Å²) in [6.07, 6.45) is -6.97. The highest BCUT2D eigenvalue weighted by molar-refractivity contribution is 5.74. The fourth-order valence-electron chi connectivity index (χ4n) is 1.76. The molecule has 0 aromatic rings. The van der Waals surface area contributed by atoms with E-state index in [0.29, 0.717) is 0 Å². The topological polar surface area (TPSA) is 214 Å². The van der Waals surface area contributed by atoms with Crippen molar-refractivity contribution in [2.45, 2.75) is 49.5 Å². The summed E-state index contributed by atoms with van der Waals surface area (Å²) in [5.41, 5.74) is 5.17. The lowest BCUT2D eigenvalue weighted by Crippen LogP contribution is -2.64. The first-order valence-corrected chi connectivity index (χ1v) is 6.29.